The van der Waals surface area contributed by atoms with Crippen molar-refractivity contribution in [3.05, 3.63) is 29.8 Å². The highest BCUT2D eigenvalue weighted by molar-refractivity contribution is 5.77. The number of carbonyl (C=O) groups excluding carboxylic acids is 1. The van der Waals surface area contributed by atoms with Crippen LogP contribution in [0.4, 0.5) is 5.69 Å². The minimum Gasteiger partial charge on any atom is -0.373 e. The Morgan fingerprint density at radius 2 is 2.00 bits per heavy atom. The first kappa shape index (κ1) is 16.3. The number of hydrogen-bond acceptors (Lipinski definition) is 3. The molecule has 0 saturated carbocycles. The molecule has 1 atom stereocenters. The zero-order chi connectivity index (χ0) is 16.2. The van der Waals surface area contributed by atoms with Gasteiger partial charge in [-0.05, 0) is 49.4 Å². The van der Waals surface area contributed by atoms with Crippen molar-refractivity contribution in [2.45, 2.75) is 32.7 Å². The van der Waals surface area contributed by atoms with Gasteiger partial charge in [-0.3, -0.25) is 4.79 Å². The van der Waals surface area contributed by atoms with E-state index in [1.807, 2.05) is 0 Å². The maximum Gasteiger partial charge on any atom is 0.223 e. The van der Waals surface area contributed by atoms with Crippen LogP contribution in [0, 0.1) is 11.8 Å². The lowest BCUT2D eigenvalue weighted by Crippen LogP contribution is -2.37. The predicted molar refractivity (Wildman–Crippen MR) is 94.5 cm³/mol. The first-order valence-corrected chi connectivity index (χ1v) is 8.92. The zero-order valence-corrected chi connectivity index (χ0v) is 14.4. The van der Waals surface area contributed by atoms with Gasteiger partial charge in [0.1, 0.15) is 0 Å². The molecule has 23 heavy (non-hydrogen) atoms. The first-order valence-electron chi connectivity index (χ1n) is 8.92. The maximum absolute atomic E-state index is 12.8. The highest BCUT2D eigenvalue weighted by atomic mass is 16.2. The first-order chi connectivity index (χ1) is 11.1. The topological polar surface area (TPSA) is 35.6 Å². The fraction of sp³-hybridized carbons (Fsp3) is 0.632. The van der Waals surface area contributed by atoms with E-state index in [0.717, 1.165) is 32.7 Å². The van der Waals surface area contributed by atoms with E-state index < -0.39 is 0 Å². The van der Waals surface area contributed by atoms with Gasteiger partial charge in [-0.15, -0.1) is 0 Å². The van der Waals surface area contributed by atoms with Crippen LogP contribution in [0.15, 0.2) is 24.3 Å². The van der Waals surface area contributed by atoms with Gasteiger partial charge in [0, 0.05) is 38.8 Å². The second kappa shape index (κ2) is 7.35. The number of nitrogens with zero attached hydrogens (tertiary/aromatic N) is 2. The van der Waals surface area contributed by atoms with E-state index in [1.54, 1.807) is 0 Å². The fourth-order valence-electron chi connectivity index (χ4n) is 3.89. The lowest BCUT2D eigenvalue weighted by Gasteiger charge is -2.30. The summed E-state index contributed by atoms with van der Waals surface area (Å²) in [4.78, 5) is 17.1. The van der Waals surface area contributed by atoms with E-state index in [4.69, 9.17) is 0 Å². The molecule has 4 nitrogen and oxygen atoms in total. The molecule has 1 aromatic carbocycles. The molecule has 0 bridgehead atoms. The Bertz CT molecular complexity index is 539. The number of amides is 1. The Labute approximate surface area is 139 Å². The second-order valence-electron chi connectivity index (χ2n) is 7.13. The quantitative estimate of drug-likeness (QED) is 0.931. The average Bonchev–Trinajstić information content (AvgIpc) is 2.75. The molecule has 2 aliphatic rings. The van der Waals surface area contributed by atoms with Crippen molar-refractivity contribution in [1.82, 2.24) is 10.2 Å². The summed E-state index contributed by atoms with van der Waals surface area (Å²) in [5.74, 6) is 1.50. The lowest BCUT2D eigenvalue weighted by molar-refractivity contribution is -0.133. The standard InChI is InChI=1S/C19H29N3O/c1-15(16-7-9-20-10-8-16)13-19(23)22-12-11-21(2)18-6-4-3-5-17(18)14-22/h3-6,15-16,20H,7-14H2,1-2H3. The van der Waals surface area contributed by atoms with Crippen LogP contribution >= 0.6 is 0 Å². The number of piperidine rings is 1. The van der Waals surface area contributed by atoms with E-state index in [-0.39, 0.29) is 0 Å². The zero-order valence-electron chi connectivity index (χ0n) is 14.4. The number of anilines is 1. The molecule has 1 aromatic rings. The van der Waals surface area contributed by atoms with Crippen LogP contribution in [0.5, 0.6) is 0 Å². The lowest BCUT2D eigenvalue weighted by atomic mass is 9.84. The van der Waals surface area contributed by atoms with Crippen molar-refractivity contribution in [2.75, 3.05) is 38.1 Å². The summed E-state index contributed by atoms with van der Waals surface area (Å²) >= 11 is 0. The van der Waals surface area contributed by atoms with Crippen LogP contribution < -0.4 is 10.2 Å². The minimum absolute atomic E-state index is 0.320. The van der Waals surface area contributed by atoms with Gasteiger partial charge in [0.15, 0.2) is 0 Å². The van der Waals surface area contributed by atoms with Gasteiger partial charge in [0.05, 0.1) is 0 Å². The number of nitrogens with one attached hydrogen (secondary N) is 1. The molecular formula is C19H29N3O. The third-order valence-corrected chi connectivity index (χ3v) is 5.51. The normalized spacial score (nSPS) is 20.8. The molecule has 1 fully saturated rings. The van der Waals surface area contributed by atoms with Crippen LogP contribution in [0.3, 0.4) is 0 Å². The summed E-state index contributed by atoms with van der Waals surface area (Å²) in [5.41, 5.74) is 2.52. The molecule has 126 valence electrons. The summed E-state index contributed by atoms with van der Waals surface area (Å²) in [6, 6.07) is 8.44. The van der Waals surface area contributed by atoms with Gasteiger partial charge in [-0.1, -0.05) is 25.1 Å². The van der Waals surface area contributed by atoms with Crippen LogP contribution in [-0.2, 0) is 11.3 Å². The number of benzene rings is 1. The highest BCUT2D eigenvalue weighted by Crippen LogP contribution is 2.27. The maximum atomic E-state index is 12.8. The number of likely N-dealkylation sites (N-methyl/N-ethyl adjacent to an activating group) is 1. The molecule has 1 unspecified atom stereocenters. The van der Waals surface area contributed by atoms with Crippen molar-refractivity contribution in [3.8, 4) is 0 Å². The van der Waals surface area contributed by atoms with Gasteiger partial charge in [-0.25, -0.2) is 0 Å². The molecule has 0 radical (unpaired) electrons. The summed E-state index contributed by atoms with van der Waals surface area (Å²) in [6.45, 7) is 6.94. The predicted octanol–water partition coefficient (Wildman–Crippen LogP) is 2.49. The third-order valence-electron chi connectivity index (χ3n) is 5.51. The number of para-hydroxylation sites is 1. The smallest absolute Gasteiger partial charge is 0.223 e. The summed E-state index contributed by atoms with van der Waals surface area (Å²) in [6.07, 6.45) is 3.11. The molecule has 0 aromatic heterocycles. The molecule has 2 aliphatic heterocycles. The van der Waals surface area contributed by atoms with Gasteiger partial charge < -0.3 is 15.1 Å². The molecule has 0 spiro atoms. The van der Waals surface area contributed by atoms with Crippen LogP contribution in [0.1, 0.15) is 31.7 Å². The largest absolute Gasteiger partial charge is 0.373 e. The molecule has 0 aliphatic carbocycles. The molecule has 2 heterocycles. The number of rotatable bonds is 3. The Morgan fingerprint density at radius 3 is 2.78 bits per heavy atom. The molecule has 3 rings (SSSR count). The number of hydrogen-bond donors (Lipinski definition) is 1. The Hall–Kier alpha value is -1.55. The van der Waals surface area contributed by atoms with E-state index in [2.05, 4.69) is 53.4 Å². The third kappa shape index (κ3) is 3.86. The Morgan fingerprint density at radius 1 is 1.26 bits per heavy atom. The Balaban J connectivity index is 1.63. The van der Waals surface area contributed by atoms with Gasteiger partial charge in [0.2, 0.25) is 5.91 Å². The van der Waals surface area contributed by atoms with Crippen molar-refractivity contribution in [3.63, 3.8) is 0 Å². The number of carbonyl (C=O) groups is 1. The second-order valence-corrected chi connectivity index (χ2v) is 7.13. The molecular weight excluding hydrogens is 286 g/mol. The van der Waals surface area contributed by atoms with E-state index in [1.165, 1.54) is 24.1 Å². The van der Waals surface area contributed by atoms with E-state index in [0.29, 0.717) is 24.2 Å². The van der Waals surface area contributed by atoms with Crippen molar-refractivity contribution < 1.29 is 4.79 Å². The molecule has 4 heteroatoms. The summed E-state index contributed by atoms with van der Waals surface area (Å²) in [5, 5.41) is 3.41. The van der Waals surface area contributed by atoms with Gasteiger partial charge in [-0.2, -0.15) is 0 Å². The highest BCUT2D eigenvalue weighted by Gasteiger charge is 2.26. The van der Waals surface area contributed by atoms with Crippen molar-refractivity contribution in [2.24, 2.45) is 11.8 Å². The molecule has 1 N–H and O–H groups in total. The monoisotopic (exact) mass is 315 g/mol. The van der Waals surface area contributed by atoms with Crippen molar-refractivity contribution >= 4 is 11.6 Å². The summed E-state index contributed by atoms with van der Waals surface area (Å²) in [7, 11) is 2.12. The van der Waals surface area contributed by atoms with Gasteiger partial charge in [0.25, 0.3) is 0 Å². The van der Waals surface area contributed by atoms with E-state index in [9.17, 15) is 4.79 Å². The fourth-order valence-corrected chi connectivity index (χ4v) is 3.89. The van der Waals surface area contributed by atoms with E-state index >= 15 is 0 Å². The average molecular weight is 315 g/mol. The minimum atomic E-state index is 0.320. The van der Waals surface area contributed by atoms with Crippen LogP contribution in [0.25, 0.3) is 0 Å². The number of fused-ring (bicyclic) bond motifs is 1. The van der Waals surface area contributed by atoms with Crippen LogP contribution in [-0.4, -0.2) is 44.0 Å². The van der Waals surface area contributed by atoms with Crippen molar-refractivity contribution in [1.29, 1.82) is 0 Å². The van der Waals surface area contributed by atoms with Crippen LogP contribution in [0.2, 0.25) is 0 Å². The Kier molecular flexibility index (Phi) is 5.21. The van der Waals surface area contributed by atoms with Gasteiger partial charge >= 0.3 is 0 Å². The molecule has 1 saturated heterocycles. The molecule has 1 amide bonds. The SMILES string of the molecule is CC(CC(=O)N1CCN(C)c2ccccc2C1)C1CCNCC1. The summed E-state index contributed by atoms with van der Waals surface area (Å²) < 4.78 is 0.